The molecule has 0 radical (unpaired) electrons. The van der Waals surface area contributed by atoms with Crippen molar-refractivity contribution < 1.29 is 43.9 Å². The van der Waals surface area contributed by atoms with E-state index in [1.807, 2.05) is 6.08 Å². The van der Waals surface area contributed by atoms with E-state index in [-0.39, 0.29) is 69.9 Å². The second-order valence-electron chi connectivity index (χ2n) is 11.6. The number of aryl methyl sites for hydroxylation is 1. The largest absolute Gasteiger partial charge is 0.507 e. The van der Waals surface area contributed by atoms with Crippen molar-refractivity contribution in [2.75, 3.05) is 6.79 Å². The zero-order valence-electron chi connectivity index (χ0n) is 24.6. The molecule has 0 spiro atoms. The molecule has 2 aromatic carbocycles. The van der Waals surface area contributed by atoms with E-state index in [0.717, 1.165) is 12.8 Å². The smallest absolute Gasteiger partial charge is 0.331 e. The average Bonchev–Trinajstić information content (AvgIpc) is 3.01. The molecular formula is C34H31NO10. The molecule has 0 saturated carbocycles. The number of fused-ring (bicyclic) bond motifs is 6. The van der Waals surface area contributed by atoms with Gasteiger partial charge in [0.1, 0.15) is 28.9 Å². The highest BCUT2D eigenvalue weighted by atomic mass is 16.7. The number of hydrogen-bond acceptors (Lipinski definition) is 10. The fourth-order valence-corrected chi connectivity index (χ4v) is 6.80. The molecule has 2 aliphatic heterocycles. The molecule has 11 nitrogen and oxygen atoms in total. The minimum Gasteiger partial charge on any atom is -0.507 e. The normalized spacial score (nSPS) is 22.8. The number of ketones is 1. The number of hydrogen-bond donors (Lipinski definition) is 4. The molecule has 4 N–H and O–H groups in total. The third kappa shape index (κ3) is 4.40. The van der Waals surface area contributed by atoms with Crippen LogP contribution in [0.5, 0.6) is 28.7 Å². The van der Waals surface area contributed by atoms with E-state index >= 15 is 0 Å². The van der Waals surface area contributed by atoms with E-state index in [0.29, 0.717) is 11.3 Å². The number of benzene rings is 2. The number of esters is 1. The van der Waals surface area contributed by atoms with Crippen molar-refractivity contribution in [3.05, 3.63) is 75.3 Å². The monoisotopic (exact) mass is 613 g/mol. The van der Waals surface area contributed by atoms with Crippen LogP contribution in [-0.2, 0) is 20.7 Å². The SMILES string of the molecule is CCCC=CC=CC(=O)OC1C=CCC2C(=O)c3c(O)c4c5c(c3OC12)OCOC5Cc1c-4c(O)c2c(=O)[nH]c(C)cc2c1O. The van der Waals surface area contributed by atoms with Gasteiger partial charge in [0.05, 0.1) is 17.4 Å². The number of nitrogens with one attached hydrogen (secondary N) is 1. The van der Waals surface area contributed by atoms with E-state index in [4.69, 9.17) is 18.9 Å². The van der Waals surface area contributed by atoms with Crippen molar-refractivity contribution in [2.24, 2.45) is 5.92 Å². The third-order valence-electron chi connectivity index (χ3n) is 8.80. The lowest BCUT2D eigenvalue weighted by Crippen LogP contribution is -2.48. The lowest BCUT2D eigenvalue weighted by atomic mass is 9.75. The van der Waals surface area contributed by atoms with Gasteiger partial charge in [0.2, 0.25) is 0 Å². The van der Waals surface area contributed by atoms with Crippen LogP contribution in [0.25, 0.3) is 21.9 Å². The lowest BCUT2D eigenvalue weighted by molar-refractivity contribution is -0.146. The van der Waals surface area contributed by atoms with Crippen LogP contribution in [0.4, 0.5) is 0 Å². The molecule has 0 fully saturated rings. The second kappa shape index (κ2) is 10.8. The summed E-state index contributed by atoms with van der Waals surface area (Å²) in [6, 6.07) is 1.56. The standard InChI is InChI=1S/C34H31NO10/c1-3-4-5-6-7-11-21(36)44-19-10-8-9-16-28(38)26-30(40)25-22-18(27(37)17-12-15(2)35-34(41)23(17)29(22)39)13-20-24(25)32(43-14-42-20)33(26)45-31(16)19/h5-8,10-12,16,19-20,31,37,39-40H,3-4,9,13-14H2,1-2H3,(H,35,41). The molecule has 0 bridgehead atoms. The Morgan fingerprint density at radius 3 is 2.71 bits per heavy atom. The first kappa shape index (κ1) is 28.7. The number of H-pyrrole nitrogens is 1. The first-order valence-corrected chi connectivity index (χ1v) is 14.9. The van der Waals surface area contributed by atoms with Crippen LogP contribution < -0.4 is 15.0 Å². The van der Waals surface area contributed by atoms with Gasteiger partial charge in [-0.3, -0.25) is 9.59 Å². The molecule has 7 rings (SSSR count). The Morgan fingerprint density at radius 2 is 1.91 bits per heavy atom. The Hall–Kier alpha value is -5.03. The number of rotatable bonds is 5. The molecule has 3 heterocycles. The number of phenolic OH excluding ortho intramolecular Hbond substituents is 3. The Balaban J connectivity index is 1.35. The van der Waals surface area contributed by atoms with Gasteiger partial charge < -0.3 is 39.3 Å². The minimum absolute atomic E-state index is 0.0124. The fraction of sp³-hybridized carbons (Fsp3) is 0.324. The minimum atomic E-state index is -0.888. The zero-order chi connectivity index (χ0) is 31.6. The van der Waals surface area contributed by atoms with Gasteiger partial charge in [-0.15, -0.1) is 0 Å². The van der Waals surface area contributed by atoms with Crippen LogP contribution in [0, 0.1) is 12.8 Å². The number of aromatic hydroxyl groups is 3. The molecular weight excluding hydrogens is 582 g/mol. The van der Waals surface area contributed by atoms with E-state index in [1.54, 1.807) is 37.3 Å². The van der Waals surface area contributed by atoms with Crippen molar-refractivity contribution in [3.8, 4) is 39.9 Å². The number of Topliss-reactive ketones (excluding diaryl/α,β-unsaturated/α-hetero) is 1. The number of aromatic nitrogens is 1. The number of ether oxygens (including phenoxy) is 4. The fourth-order valence-electron chi connectivity index (χ4n) is 6.80. The number of pyridine rings is 1. The molecule has 1 aromatic heterocycles. The summed E-state index contributed by atoms with van der Waals surface area (Å²) < 4.78 is 23.8. The number of carbonyl (C=O) groups is 2. The quantitative estimate of drug-likeness (QED) is 0.102. The van der Waals surface area contributed by atoms with E-state index < -0.39 is 53.0 Å². The third-order valence-corrected chi connectivity index (χ3v) is 8.80. The summed E-state index contributed by atoms with van der Waals surface area (Å²) in [7, 11) is 0. The first-order valence-electron chi connectivity index (χ1n) is 14.9. The van der Waals surface area contributed by atoms with Crippen LogP contribution in [0.2, 0.25) is 0 Å². The van der Waals surface area contributed by atoms with Crippen LogP contribution in [0.3, 0.4) is 0 Å². The van der Waals surface area contributed by atoms with E-state index in [9.17, 15) is 29.7 Å². The molecule has 4 aliphatic rings. The lowest BCUT2D eigenvalue weighted by Gasteiger charge is -2.41. The second-order valence-corrected chi connectivity index (χ2v) is 11.6. The van der Waals surface area contributed by atoms with Crippen LogP contribution in [0.1, 0.15) is 59.5 Å². The summed E-state index contributed by atoms with van der Waals surface area (Å²) in [5, 5.41) is 34.7. The summed E-state index contributed by atoms with van der Waals surface area (Å²) in [6.07, 6.45) is 9.73. The Morgan fingerprint density at radius 1 is 1.09 bits per heavy atom. The number of phenols is 3. The van der Waals surface area contributed by atoms with Gasteiger partial charge in [-0.25, -0.2) is 4.79 Å². The van der Waals surface area contributed by atoms with Crippen molar-refractivity contribution >= 4 is 22.5 Å². The van der Waals surface area contributed by atoms with Crippen molar-refractivity contribution in [1.29, 1.82) is 0 Å². The molecule has 11 heteroatoms. The Bertz CT molecular complexity index is 1930. The van der Waals surface area contributed by atoms with Crippen molar-refractivity contribution in [3.63, 3.8) is 0 Å². The molecule has 45 heavy (non-hydrogen) atoms. The molecule has 3 aromatic rings. The van der Waals surface area contributed by atoms with Crippen molar-refractivity contribution in [2.45, 2.75) is 57.8 Å². The van der Waals surface area contributed by atoms with Crippen LogP contribution >= 0.6 is 0 Å². The van der Waals surface area contributed by atoms with Gasteiger partial charge in [-0.2, -0.15) is 0 Å². The van der Waals surface area contributed by atoms with Crippen LogP contribution in [-0.4, -0.2) is 51.1 Å². The summed E-state index contributed by atoms with van der Waals surface area (Å²) in [4.78, 5) is 42.3. The van der Waals surface area contributed by atoms with Gasteiger partial charge in [0.15, 0.2) is 30.2 Å². The van der Waals surface area contributed by atoms with E-state index in [1.165, 1.54) is 6.08 Å². The summed E-state index contributed by atoms with van der Waals surface area (Å²) >= 11 is 0. The highest BCUT2D eigenvalue weighted by Gasteiger charge is 2.50. The maximum absolute atomic E-state index is 14.1. The molecule has 4 unspecified atom stereocenters. The van der Waals surface area contributed by atoms with Crippen molar-refractivity contribution in [1.82, 2.24) is 4.98 Å². The number of aromatic amines is 1. The highest BCUT2D eigenvalue weighted by molar-refractivity contribution is 6.10. The summed E-state index contributed by atoms with van der Waals surface area (Å²) in [5.41, 5.74) is 0.328. The van der Waals surface area contributed by atoms with Gasteiger partial charge >= 0.3 is 5.97 Å². The molecule has 0 amide bonds. The van der Waals surface area contributed by atoms with Gasteiger partial charge in [0.25, 0.3) is 5.56 Å². The molecule has 4 atom stereocenters. The van der Waals surface area contributed by atoms with Gasteiger partial charge in [0, 0.05) is 45.8 Å². The molecule has 232 valence electrons. The maximum atomic E-state index is 14.1. The molecule has 0 saturated heterocycles. The van der Waals surface area contributed by atoms with Gasteiger partial charge in [-0.1, -0.05) is 37.6 Å². The predicted molar refractivity (Wildman–Crippen MR) is 162 cm³/mol. The maximum Gasteiger partial charge on any atom is 0.331 e. The average molecular weight is 614 g/mol. The zero-order valence-corrected chi connectivity index (χ0v) is 24.6. The number of allylic oxidation sites excluding steroid dienone is 4. The Kier molecular flexibility index (Phi) is 6.92. The topological polar surface area (TPSA) is 165 Å². The number of unbranched alkanes of at least 4 members (excludes halogenated alkanes) is 1. The van der Waals surface area contributed by atoms with Gasteiger partial charge in [-0.05, 0) is 31.9 Å². The Labute approximate surface area is 257 Å². The molecule has 2 aliphatic carbocycles. The first-order chi connectivity index (χ1) is 21.7. The van der Waals surface area contributed by atoms with E-state index in [2.05, 4.69) is 11.9 Å². The van der Waals surface area contributed by atoms with Crippen LogP contribution in [0.15, 0.2) is 47.3 Å². The predicted octanol–water partition coefficient (Wildman–Crippen LogP) is 4.93. The highest BCUT2D eigenvalue weighted by Crippen LogP contribution is 2.61. The summed E-state index contributed by atoms with van der Waals surface area (Å²) in [5.74, 6) is -2.90. The number of carbonyl (C=O) groups excluding carboxylic acids is 2. The summed E-state index contributed by atoms with van der Waals surface area (Å²) in [6.45, 7) is 3.51.